The van der Waals surface area contributed by atoms with Gasteiger partial charge < -0.3 is 4.74 Å². The third kappa shape index (κ3) is 2.81. The predicted molar refractivity (Wildman–Crippen MR) is 58.5 cm³/mol. The first-order chi connectivity index (χ1) is 8.06. The number of nitrogens with zero attached hydrogens (tertiary/aromatic N) is 2. The summed E-state index contributed by atoms with van der Waals surface area (Å²) in [6.45, 7) is 0. The van der Waals surface area contributed by atoms with E-state index in [2.05, 4.69) is 9.97 Å². The van der Waals surface area contributed by atoms with Crippen LogP contribution in [0.1, 0.15) is 0 Å². The topological polar surface area (TPSA) is 35.0 Å². The van der Waals surface area contributed by atoms with Gasteiger partial charge in [-0.25, -0.2) is 9.37 Å². The van der Waals surface area contributed by atoms with Gasteiger partial charge in [0.2, 0.25) is 11.1 Å². The maximum absolute atomic E-state index is 13.2. The van der Waals surface area contributed by atoms with Crippen molar-refractivity contribution in [3.05, 3.63) is 46.3 Å². The third-order valence-corrected chi connectivity index (χ3v) is 2.26. The standard InChI is InChI=1S/C10H4Cl2F2N2O/c11-6-3-5(1-2-7(6)13)17-9-8(14)4-15-10(12)16-9/h1-4H. The molecule has 0 radical (unpaired) electrons. The van der Waals surface area contributed by atoms with E-state index in [0.717, 1.165) is 12.3 Å². The molecule has 7 heteroatoms. The second-order valence-corrected chi connectivity index (χ2v) is 3.72. The molecule has 0 amide bonds. The van der Waals surface area contributed by atoms with Crippen molar-refractivity contribution < 1.29 is 13.5 Å². The van der Waals surface area contributed by atoms with Crippen LogP contribution in [0.15, 0.2) is 24.4 Å². The number of ether oxygens (including phenoxy) is 1. The van der Waals surface area contributed by atoms with E-state index in [0.29, 0.717) is 0 Å². The van der Waals surface area contributed by atoms with E-state index < -0.39 is 11.6 Å². The van der Waals surface area contributed by atoms with E-state index in [9.17, 15) is 8.78 Å². The highest BCUT2D eigenvalue weighted by molar-refractivity contribution is 6.30. The van der Waals surface area contributed by atoms with E-state index in [1.807, 2.05) is 0 Å². The minimum absolute atomic E-state index is 0.136. The van der Waals surface area contributed by atoms with Gasteiger partial charge in [-0.05, 0) is 23.7 Å². The van der Waals surface area contributed by atoms with Crippen molar-refractivity contribution in [1.29, 1.82) is 0 Å². The fourth-order valence-corrected chi connectivity index (χ4v) is 1.35. The molecule has 0 aliphatic carbocycles. The van der Waals surface area contributed by atoms with Crippen LogP contribution < -0.4 is 4.74 Å². The van der Waals surface area contributed by atoms with Gasteiger partial charge in [-0.15, -0.1) is 0 Å². The Morgan fingerprint density at radius 1 is 1.12 bits per heavy atom. The quantitative estimate of drug-likeness (QED) is 0.782. The fourth-order valence-electron chi connectivity index (χ4n) is 1.05. The van der Waals surface area contributed by atoms with E-state index in [-0.39, 0.29) is 21.9 Å². The summed E-state index contributed by atoms with van der Waals surface area (Å²) in [7, 11) is 0. The molecule has 88 valence electrons. The smallest absolute Gasteiger partial charge is 0.260 e. The van der Waals surface area contributed by atoms with E-state index in [1.165, 1.54) is 12.1 Å². The number of hydrogen-bond acceptors (Lipinski definition) is 3. The van der Waals surface area contributed by atoms with Crippen molar-refractivity contribution in [3.8, 4) is 11.6 Å². The van der Waals surface area contributed by atoms with Gasteiger partial charge in [-0.3, -0.25) is 0 Å². The summed E-state index contributed by atoms with van der Waals surface area (Å²) < 4.78 is 31.2. The molecule has 0 aliphatic heterocycles. The fraction of sp³-hybridized carbons (Fsp3) is 0. The molecule has 0 saturated heterocycles. The van der Waals surface area contributed by atoms with Crippen LogP contribution in [0.25, 0.3) is 0 Å². The number of aromatic nitrogens is 2. The molecule has 3 nitrogen and oxygen atoms in total. The minimum atomic E-state index is -0.783. The second-order valence-electron chi connectivity index (χ2n) is 2.97. The first kappa shape index (κ1) is 12.0. The molecular formula is C10H4Cl2F2N2O. The SMILES string of the molecule is Fc1ccc(Oc2nc(Cl)ncc2F)cc1Cl. The van der Waals surface area contributed by atoms with Gasteiger partial charge in [0.1, 0.15) is 11.6 Å². The van der Waals surface area contributed by atoms with Gasteiger partial charge in [0.25, 0.3) is 5.88 Å². The number of benzene rings is 1. The van der Waals surface area contributed by atoms with Crippen molar-refractivity contribution in [2.45, 2.75) is 0 Å². The molecule has 0 aliphatic rings. The van der Waals surface area contributed by atoms with E-state index >= 15 is 0 Å². The molecule has 1 aromatic heterocycles. The van der Waals surface area contributed by atoms with Crippen LogP contribution in [0.5, 0.6) is 11.6 Å². The highest BCUT2D eigenvalue weighted by Crippen LogP contribution is 2.26. The Morgan fingerprint density at radius 3 is 2.59 bits per heavy atom. The zero-order valence-corrected chi connectivity index (χ0v) is 9.64. The Kier molecular flexibility index (Phi) is 3.40. The normalized spacial score (nSPS) is 10.4. The van der Waals surface area contributed by atoms with Gasteiger partial charge in [0, 0.05) is 6.07 Å². The molecular weight excluding hydrogens is 273 g/mol. The zero-order chi connectivity index (χ0) is 12.4. The van der Waals surface area contributed by atoms with Crippen molar-refractivity contribution in [2.24, 2.45) is 0 Å². The lowest BCUT2D eigenvalue weighted by atomic mass is 10.3. The average Bonchev–Trinajstić information content (AvgIpc) is 2.29. The molecule has 2 aromatic rings. The summed E-state index contributed by atoms with van der Waals surface area (Å²) in [5.74, 6) is -1.59. The molecule has 0 bridgehead atoms. The summed E-state index contributed by atoms with van der Waals surface area (Å²) in [6, 6.07) is 3.58. The van der Waals surface area contributed by atoms with E-state index in [4.69, 9.17) is 27.9 Å². The largest absolute Gasteiger partial charge is 0.436 e. The minimum Gasteiger partial charge on any atom is -0.436 e. The maximum Gasteiger partial charge on any atom is 0.260 e. The lowest BCUT2D eigenvalue weighted by Crippen LogP contribution is -1.94. The van der Waals surface area contributed by atoms with Crippen molar-refractivity contribution in [1.82, 2.24) is 9.97 Å². The van der Waals surface area contributed by atoms with Gasteiger partial charge in [-0.2, -0.15) is 9.37 Å². The highest BCUT2D eigenvalue weighted by atomic mass is 35.5. The first-order valence-corrected chi connectivity index (χ1v) is 5.13. The molecule has 1 heterocycles. The van der Waals surface area contributed by atoms with Crippen LogP contribution >= 0.6 is 23.2 Å². The van der Waals surface area contributed by atoms with Gasteiger partial charge >= 0.3 is 0 Å². The summed E-state index contributed by atoms with van der Waals surface area (Å²) in [6.07, 6.45) is 0.871. The van der Waals surface area contributed by atoms with Crippen LogP contribution in [0.2, 0.25) is 10.3 Å². The van der Waals surface area contributed by atoms with Crippen molar-refractivity contribution in [2.75, 3.05) is 0 Å². The zero-order valence-electron chi connectivity index (χ0n) is 8.12. The third-order valence-electron chi connectivity index (χ3n) is 1.79. The molecule has 1 aromatic carbocycles. The van der Waals surface area contributed by atoms with Crippen molar-refractivity contribution >= 4 is 23.2 Å². The van der Waals surface area contributed by atoms with Crippen LogP contribution in [0.3, 0.4) is 0 Å². The first-order valence-electron chi connectivity index (χ1n) is 4.37. The summed E-state index contributed by atoms with van der Waals surface area (Å²) in [5.41, 5.74) is 0. The Hall–Kier alpha value is -1.46. The van der Waals surface area contributed by atoms with E-state index in [1.54, 1.807) is 0 Å². The van der Waals surface area contributed by atoms with Crippen LogP contribution in [-0.4, -0.2) is 9.97 Å². The number of rotatable bonds is 2. The Morgan fingerprint density at radius 2 is 1.88 bits per heavy atom. The predicted octanol–water partition coefficient (Wildman–Crippen LogP) is 3.85. The second kappa shape index (κ2) is 4.81. The van der Waals surface area contributed by atoms with Crippen LogP contribution in [0.4, 0.5) is 8.78 Å². The number of hydrogen-bond donors (Lipinski definition) is 0. The average molecular weight is 277 g/mol. The molecule has 0 N–H and O–H groups in total. The van der Waals surface area contributed by atoms with Gasteiger partial charge in [0.05, 0.1) is 11.2 Å². The molecule has 0 saturated carbocycles. The lowest BCUT2D eigenvalue weighted by Gasteiger charge is -2.05. The summed E-state index contributed by atoms with van der Waals surface area (Å²) in [4.78, 5) is 6.97. The highest BCUT2D eigenvalue weighted by Gasteiger charge is 2.09. The lowest BCUT2D eigenvalue weighted by molar-refractivity contribution is 0.419. The Bertz CT molecular complexity index is 566. The van der Waals surface area contributed by atoms with Crippen molar-refractivity contribution in [3.63, 3.8) is 0 Å². The Balaban J connectivity index is 2.31. The van der Waals surface area contributed by atoms with Crippen LogP contribution in [0, 0.1) is 11.6 Å². The monoisotopic (exact) mass is 276 g/mol. The molecule has 2 rings (SSSR count). The Labute approximate surface area is 105 Å². The molecule has 0 fully saturated rings. The number of halogens is 4. The summed E-state index contributed by atoms with van der Waals surface area (Å²) in [5, 5.41) is -0.294. The van der Waals surface area contributed by atoms with Crippen LogP contribution in [-0.2, 0) is 0 Å². The molecule has 0 unspecified atom stereocenters. The summed E-state index contributed by atoms with van der Waals surface area (Å²) >= 11 is 11.0. The van der Waals surface area contributed by atoms with Gasteiger partial charge in [0.15, 0.2) is 0 Å². The molecule has 0 atom stereocenters. The van der Waals surface area contributed by atoms with Gasteiger partial charge in [-0.1, -0.05) is 11.6 Å². The molecule has 0 spiro atoms. The maximum atomic E-state index is 13.2. The molecule has 17 heavy (non-hydrogen) atoms.